The molecule has 1 aliphatic carbocycles. The molecule has 0 unspecified atom stereocenters. The van der Waals surface area contributed by atoms with Gasteiger partial charge in [-0.2, -0.15) is 0 Å². The molecule has 4 atom stereocenters. The number of ether oxygens (including phenoxy) is 1. The zero-order valence-corrected chi connectivity index (χ0v) is 18.4. The highest BCUT2D eigenvalue weighted by atomic mass is 16.5. The van der Waals surface area contributed by atoms with Crippen LogP contribution < -0.4 is 0 Å². The fourth-order valence-electron chi connectivity index (χ4n) is 5.14. The van der Waals surface area contributed by atoms with Gasteiger partial charge in [0.05, 0.1) is 31.6 Å². The Morgan fingerprint density at radius 2 is 1.09 bits per heavy atom. The molecular weight excluding hydrogens is 410 g/mol. The number of rotatable bonds is 7. The second-order valence-electron chi connectivity index (χ2n) is 8.68. The number of imide groups is 1. The largest absolute Gasteiger partial charge is 0.375 e. The number of allylic oxidation sites excluding steroid dienone is 2. The zero-order chi connectivity index (χ0) is 22.6. The van der Waals surface area contributed by atoms with Gasteiger partial charge >= 0.3 is 0 Å². The summed E-state index contributed by atoms with van der Waals surface area (Å²) in [6.45, 7) is 1.07. The Balaban J connectivity index is 1.38. The van der Waals surface area contributed by atoms with E-state index in [1.807, 2.05) is 91.0 Å². The van der Waals surface area contributed by atoms with Gasteiger partial charge in [0.25, 0.3) is 0 Å². The van der Waals surface area contributed by atoms with Gasteiger partial charge in [-0.25, -0.2) is 0 Å². The minimum Gasteiger partial charge on any atom is -0.375 e. The summed E-state index contributed by atoms with van der Waals surface area (Å²) in [6, 6.07) is 29.9. The maximum absolute atomic E-state index is 13.6. The van der Waals surface area contributed by atoms with Crippen LogP contribution in [0.5, 0.6) is 0 Å². The normalized spacial score (nSPS) is 24.2. The molecular formula is C29H27NO3. The Labute approximate surface area is 194 Å². The van der Waals surface area contributed by atoms with Gasteiger partial charge in [-0.3, -0.25) is 14.5 Å². The summed E-state index contributed by atoms with van der Waals surface area (Å²) in [5.41, 5.74) is 3.21. The predicted molar refractivity (Wildman–Crippen MR) is 127 cm³/mol. The van der Waals surface area contributed by atoms with E-state index in [1.165, 1.54) is 4.90 Å². The number of carbonyl (C=O) groups excluding carboxylic acids is 2. The van der Waals surface area contributed by atoms with Gasteiger partial charge in [-0.1, -0.05) is 103 Å². The molecule has 5 rings (SSSR count). The first-order valence-electron chi connectivity index (χ1n) is 11.5. The van der Waals surface area contributed by atoms with Crippen molar-refractivity contribution in [3.8, 4) is 0 Å². The van der Waals surface area contributed by atoms with E-state index >= 15 is 0 Å². The van der Waals surface area contributed by atoms with Crippen molar-refractivity contribution in [2.75, 3.05) is 13.2 Å². The van der Waals surface area contributed by atoms with Crippen LogP contribution in [0.2, 0.25) is 0 Å². The molecule has 0 N–H and O–H groups in total. The molecule has 4 heteroatoms. The van der Waals surface area contributed by atoms with E-state index in [2.05, 4.69) is 12.2 Å². The van der Waals surface area contributed by atoms with Crippen molar-refractivity contribution < 1.29 is 14.3 Å². The number of hydrogen-bond donors (Lipinski definition) is 0. The van der Waals surface area contributed by atoms with Crippen molar-refractivity contribution in [2.24, 2.45) is 11.8 Å². The molecule has 33 heavy (non-hydrogen) atoms. The molecule has 0 aromatic heterocycles. The molecule has 3 aromatic rings. The van der Waals surface area contributed by atoms with Crippen LogP contribution in [0.1, 0.15) is 28.5 Å². The molecule has 1 aliphatic heterocycles. The maximum atomic E-state index is 13.6. The first-order valence-corrected chi connectivity index (χ1v) is 11.5. The van der Waals surface area contributed by atoms with Crippen LogP contribution in [-0.4, -0.2) is 29.9 Å². The lowest BCUT2D eigenvalue weighted by Crippen LogP contribution is -2.34. The highest BCUT2D eigenvalue weighted by Crippen LogP contribution is 2.49. The average Bonchev–Trinajstić information content (AvgIpc) is 3.13. The number of hydrogen-bond acceptors (Lipinski definition) is 3. The molecule has 1 heterocycles. The van der Waals surface area contributed by atoms with E-state index in [0.29, 0.717) is 13.2 Å². The molecule has 2 amide bonds. The van der Waals surface area contributed by atoms with E-state index in [1.54, 1.807) is 0 Å². The fourth-order valence-corrected chi connectivity index (χ4v) is 5.14. The predicted octanol–water partition coefficient (Wildman–Crippen LogP) is 4.94. The number of benzene rings is 3. The second-order valence-corrected chi connectivity index (χ2v) is 8.68. The average molecular weight is 438 g/mol. The van der Waals surface area contributed by atoms with Crippen molar-refractivity contribution in [2.45, 2.75) is 18.4 Å². The van der Waals surface area contributed by atoms with Crippen LogP contribution in [-0.2, 0) is 20.9 Å². The summed E-state index contributed by atoms with van der Waals surface area (Å²) >= 11 is 0. The summed E-state index contributed by atoms with van der Waals surface area (Å²) in [5, 5.41) is 0. The molecule has 0 radical (unpaired) electrons. The van der Waals surface area contributed by atoms with Gasteiger partial charge in [0.15, 0.2) is 0 Å². The standard InChI is InChI=1S/C29H27NO3/c31-28-26-24(22-12-6-2-7-13-22)16-17-25(23-14-8-3-9-15-23)27(26)29(32)30(28)18-19-33-20-21-10-4-1-5-11-21/h1-17,24-27H,18-20H2/t24-,25+,26+,27-. The summed E-state index contributed by atoms with van der Waals surface area (Å²) < 4.78 is 5.79. The summed E-state index contributed by atoms with van der Waals surface area (Å²) in [4.78, 5) is 28.6. The quantitative estimate of drug-likeness (QED) is 0.299. The first kappa shape index (κ1) is 21.4. The number of likely N-dealkylation sites (tertiary alicyclic amines) is 1. The van der Waals surface area contributed by atoms with Gasteiger partial charge in [0, 0.05) is 11.8 Å². The smallest absolute Gasteiger partial charge is 0.234 e. The van der Waals surface area contributed by atoms with Crippen molar-refractivity contribution in [1.82, 2.24) is 4.90 Å². The van der Waals surface area contributed by atoms with Crippen LogP contribution in [0.3, 0.4) is 0 Å². The maximum Gasteiger partial charge on any atom is 0.234 e. The number of nitrogens with zero attached hydrogens (tertiary/aromatic N) is 1. The molecule has 1 saturated heterocycles. The van der Waals surface area contributed by atoms with E-state index in [0.717, 1.165) is 16.7 Å². The highest BCUT2D eigenvalue weighted by Gasteiger charge is 2.54. The van der Waals surface area contributed by atoms with E-state index in [-0.39, 0.29) is 30.2 Å². The Bertz CT molecular complexity index is 1060. The van der Waals surface area contributed by atoms with Gasteiger partial charge in [0.1, 0.15) is 0 Å². The fraction of sp³-hybridized carbons (Fsp3) is 0.241. The van der Waals surface area contributed by atoms with Crippen LogP contribution in [0.25, 0.3) is 0 Å². The van der Waals surface area contributed by atoms with E-state index in [9.17, 15) is 9.59 Å². The van der Waals surface area contributed by atoms with Gasteiger partial charge in [0.2, 0.25) is 11.8 Å². The lowest BCUT2D eigenvalue weighted by atomic mass is 9.68. The number of carbonyl (C=O) groups is 2. The monoisotopic (exact) mass is 437 g/mol. The Morgan fingerprint density at radius 3 is 1.58 bits per heavy atom. The number of fused-ring (bicyclic) bond motifs is 1. The minimum absolute atomic E-state index is 0.0903. The molecule has 0 saturated carbocycles. The summed E-state index contributed by atoms with van der Waals surface area (Å²) in [7, 11) is 0. The lowest BCUT2D eigenvalue weighted by molar-refractivity contribution is -0.140. The molecule has 0 bridgehead atoms. The summed E-state index contributed by atoms with van der Waals surface area (Å²) in [6.07, 6.45) is 4.24. The summed E-state index contributed by atoms with van der Waals surface area (Å²) in [5.74, 6) is -1.20. The van der Waals surface area contributed by atoms with Crippen molar-refractivity contribution in [3.63, 3.8) is 0 Å². The van der Waals surface area contributed by atoms with Gasteiger partial charge in [-0.15, -0.1) is 0 Å². The minimum atomic E-state index is -0.399. The number of amides is 2. The highest BCUT2D eigenvalue weighted by molar-refractivity contribution is 6.06. The van der Waals surface area contributed by atoms with Crippen LogP contribution >= 0.6 is 0 Å². The third-order valence-electron chi connectivity index (χ3n) is 6.73. The van der Waals surface area contributed by atoms with Gasteiger partial charge < -0.3 is 4.74 Å². The second kappa shape index (κ2) is 9.55. The van der Waals surface area contributed by atoms with Gasteiger partial charge in [-0.05, 0) is 16.7 Å². The molecule has 4 nitrogen and oxygen atoms in total. The van der Waals surface area contributed by atoms with E-state index < -0.39 is 11.8 Å². The Kier molecular flexibility index (Phi) is 6.18. The van der Waals surface area contributed by atoms with Crippen molar-refractivity contribution in [1.29, 1.82) is 0 Å². The SMILES string of the molecule is O=C1[C@@H]2[C@H](C(=O)N1CCOCc1ccccc1)[C@H](c1ccccc1)C=C[C@@H]2c1ccccc1. The van der Waals surface area contributed by atoms with Crippen LogP contribution in [0.15, 0.2) is 103 Å². The van der Waals surface area contributed by atoms with E-state index in [4.69, 9.17) is 4.74 Å². The third-order valence-corrected chi connectivity index (χ3v) is 6.73. The zero-order valence-electron chi connectivity index (χ0n) is 18.4. The molecule has 0 spiro atoms. The van der Waals surface area contributed by atoms with Crippen LogP contribution in [0, 0.1) is 11.8 Å². The topological polar surface area (TPSA) is 46.6 Å². The molecule has 3 aromatic carbocycles. The molecule has 166 valence electrons. The Hall–Kier alpha value is -3.50. The lowest BCUT2D eigenvalue weighted by Gasteiger charge is -2.32. The van der Waals surface area contributed by atoms with Crippen LogP contribution in [0.4, 0.5) is 0 Å². The van der Waals surface area contributed by atoms with Crippen molar-refractivity contribution >= 4 is 11.8 Å². The molecule has 1 fully saturated rings. The third kappa shape index (κ3) is 4.27. The van der Waals surface area contributed by atoms with Crippen molar-refractivity contribution in [3.05, 3.63) is 120 Å². The Morgan fingerprint density at radius 1 is 0.636 bits per heavy atom. The molecule has 2 aliphatic rings. The first-order chi connectivity index (χ1) is 16.2.